The van der Waals surface area contributed by atoms with Crippen LogP contribution in [-0.4, -0.2) is 14.8 Å². The van der Waals surface area contributed by atoms with E-state index in [1.807, 2.05) is 7.05 Å². The molecule has 1 aliphatic carbocycles. The SMILES string of the molecule is Cc1cccc(C2(c3nncn3C)CC(C)C2)c1. The maximum absolute atomic E-state index is 4.36. The van der Waals surface area contributed by atoms with Gasteiger partial charge in [-0.15, -0.1) is 10.2 Å². The van der Waals surface area contributed by atoms with E-state index in [0.717, 1.165) is 11.7 Å². The molecule has 0 aliphatic heterocycles. The fourth-order valence-corrected chi connectivity index (χ4v) is 3.34. The number of hydrogen-bond acceptors (Lipinski definition) is 2. The number of benzene rings is 1. The minimum Gasteiger partial charge on any atom is -0.320 e. The molecule has 2 aromatic rings. The normalized spacial score (nSPS) is 26.9. The number of aryl methyl sites for hydroxylation is 2. The first-order valence-corrected chi connectivity index (χ1v) is 6.53. The van der Waals surface area contributed by atoms with Crippen molar-refractivity contribution in [3.63, 3.8) is 0 Å². The van der Waals surface area contributed by atoms with Crippen LogP contribution in [0.1, 0.15) is 36.7 Å². The number of hydrogen-bond donors (Lipinski definition) is 0. The number of aromatic nitrogens is 3. The van der Waals surface area contributed by atoms with Crippen LogP contribution in [0.3, 0.4) is 0 Å². The summed E-state index contributed by atoms with van der Waals surface area (Å²) in [5, 5.41) is 8.42. The number of rotatable bonds is 2. The lowest BCUT2D eigenvalue weighted by Gasteiger charge is -2.46. The van der Waals surface area contributed by atoms with Gasteiger partial charge in [-0.1, -0.05) is 36.8 Å². The second-order valence-electron chi connectivity index (χ2n) is 5.73. The molecule has 0 spiro atoms. The molecule has 1 heterocycles. The second-order valence-corrected chi connectivity index (χ2v) is 5.73. The molecule has 0 amide bonds. The van der Waals surface area contributed by atoms with E-state index in [1.54, 1.807) is 6.33 Å². The van der Waals surface area contributed by atoms with Crippen molar-refractivity contribution in [2.75, 3.05) is 0 Å². The first kappa shape index (κ1) is 11.5. The van der Waals surface area contributed by atoms with E-state index < -0.39 is 0 Å². The van der Waals surface area contributed by atoms with Crippen molar-refractivity contribution in [1.82, 2.24) is 14.8 Å². The molecular formula is C15H19N3. The Labute approximate surface area is 108 Å². The monoisotopic (exact) mass is 241 g/mol. The topological polar surface area (TPSA) is 30.7 Å². The summed E-state index contributed by atoms with van der Waals surface area (Å²) in [7, 11) is 2.04. The molecule has 0 N–H and O–H groups in total. The van der Waals surface area contributed by atoms with Crippen LogP contribution >= 0.6 is 0 Å². The lowest BCUT2D eigenvalue weighted by Crippen LogP contribution is -2.43. The van der Waals surface area contributed by atoms with Crippen LogP contribution < -0.4 is 0 Å². The average Bonchev–Trinajstić information content (AvgIpc) is 2.71. The van der Waals surface area contributed by atoms with Gasteiger partial charge >= 0.3 is 0 Å². The van der Waals surface area contributed by atoms with Gasteiger partial charge in [-0.25, -0.2) is 0 Å². The van der Waals surface area contributed by atoms with Gasteiger partial charge in [0.25, 0.3) is 0 Å². The van der Waals surface area contributed by atoms with Crippen LogP contribution in [0.25, 0.3) is 0 Å². The highest BCUT2D eigenvalue weighted by Crippen LogP contribution is 2.51. The number of nitrogens with zero attached hydrogens (tertiary/aromatic N) is 3. The van der Waals surface area contributed by atoms with Crippen molar-refractivity contribution >= 4 is 0 Å². The second kappa shape index (κ2) is 3.94. The molecule has 0 saturated heterocycles. The van der Waals surface area contributed by atoms with E-state index in [9.17, 15) is 0 Å². The van der Waals surface area contributed by atoms with Crippen molar-refractivity contribution in [3.8, 4) is 0 Å². The van der Waals surface area contributed by atoms with Crippen molar-refractivity contribution in [1.29, 1.82) is 0 Å². The van der Waals surface area contributed by atoms with Gasteiger partial charge in [0.05, 0.1) is 5.41 Å². The van der Waals surface area contributed by atoms with Gasteiger partial charge in [0.2, 0.25) is 0 Å². The summed E-state index contributed by atoms with van der Waals surface area (Å²) in [5.74, 6) is 1.87. The first-order chi connectivity index (χ1) is 8.62. The zero-order valence-electron chi connectivity index (χ0n) is 11.2. The van der Waals surface area contributed by atoms with E-state index in [2.05, 4.69) is 52.9 Å². The molecule has 3 rings (SSSR count). The maximum atomic E-state index is 4.36. The third-order valence-corrected chi connectivity index (χ3v) is 4.10. The Morgan fingerprint density at radius 3 is 2.67 bits per heavy atom. The smallest absolute Gasteiger partial charge is 0.143 e. The summed E-state index contributed by atoms with van der Waals surface area (Å²) in [6.07, 6.45) is 4.14. The Hall–Kier alpha value is -1.64. The van der Waals surface area contributed by atoms with Gasteiger partial charge in [0.15, 0.2) is 0 Å². The van der Waals surface area contributed by atoms with Crippen LogP contribution in [-0.2, 0) is 12.5 Å². The van der Waals surface area contributed by atoms with Gasteiger partial charge in [-0.3, -0.25) is 0 Å². The van der Waals surface area contributed by atoms with Crippen LogP contribution in [0.5, 0.6) is 0 Å². The third kappa shape index (κ3) is 1.57. The molecule has 3 heteroatoms. The molecule has 94 valence electrons. The predicted molar refractivity (Wildman–Crippen MR) is 71.4 cm³/mol. The van der Waals surface area contributed by atoms with E-state index in [1.165, 1.54) is 24.0 Å². The first-order valence-electron chi connectivity index (χ1n) is 6.53. The fraction of sp³-hybridized carbons (Fsp3) is 0.467. The van der Waals surface area contributed by atoms with Gasteiger partial charge in [-0.2, -0.15) is 0 Å². The zero-order chi connectivity index (χ0) is 12.8. The van der Waals surface area contributed by atoms with Crippen molar-refractivity contribution in [2.45, 2.75) is 32.1 Å². The van der Waals surface area contributed by atoms with E-state index >= 15 is 0 Å². The summed E-state index contributed by atoms with van der Waals surface area (Å²) in [5.41, 5.74) is 2.78. The molecule has 0 unspecified atom stereocenters. The van der Waals surface area contributed by atoms with E-state index in [0.29, 0.717) is 0 Å². The molecule has 1 aromatic carbocycles. The average molecular weight is 241 g/mol. The minimum atomic E-state index is 0.0800. The Balaban J connectivity index is 2.11. The van der Waals surface area contributed by atoms with Crippen LogP contribution in [0.2, 0.25) is 0 Å². The molecule has 0 radical (unpaired) electrons. The third-order valence-electron chi connectivity index (χ3n) is 4.10. The molecule has 3 nitrogen and oxygen atoms in total. The van der Waals surface area contributed by atoms with Crippen LogP contribution in [0.15, 0.2) is 30.6 Å². The summed E-state index contributed by atoms with van der Waals surface area (Å²) in [6.45, 7) is 4.46. The standard InChI is InChI=1S/C15H19N3/c1-11-5-4-6-13(7-11)15(8-12(2)9-15)14-17-16-10-18(14)3/h4-7,10,12H,8-9H2,1-3H3. The largest absolute Gasteiger partial charge is 0.320 e. The Morgan fingerprint density at radius 1 is 1.33 bits per heavy atom. The fourth-order valence-electron chi connectivity index (χ4n) is 3.34. The molecule has 18 heavy (non-hydrogen) atoms. The van der Waals surface area contributed by atoms with Crippen molar-refractivity contribution < 1.29 is 0 Å². The zero-order valence-corrected chi connectivity index (χ0v) is 11.2. The molecule has 0 bridgehead atoms. The summed E-state index contributed by atoms with van der Waals surface area (Å²) in [4.78, 5) is 0. The lowest BCUT2D eigenvalue weighted by atomic mass is 9.58. The van der Waals surface area contributed by atoms with Gasteiger partial charge < -0.3 is 4.57 Å². The highest BCUT2D eigenvalue weighted by molar-refractivity contribution is 5.38. The highest BCUT2D eigenvalue weighted by Gasteiger charge is 2.47. The minimum absolute atomic E-state index is 0.0800. The molecule has 1 fully saturated rings. The molecule has 1 saturated carbocycles. The quantitative estimate of drug-likeness (QED) is 0.809. The summed E-state index contributed by atoms with van der Waals surface area (Å²) < 4.78 is 2.06. The Kier molecular flexibility index (Phi) is 2.51. The van der Waals surface area contributed by atoms with Gasteiger partial charge in [0, 0.05) is 7.05 Å². The summed E-state index contributed by atoms with van der Waals surface area (Å²) >= 11 is 0. The maximum Gasteiger partial charge on any atom is 0.143 e. The molecule has 0 atom stereocenters. The van der Waals surface area contributed by atoms with Crippen molar-refractivity contribution in [3.05, 3.63) is 47.5 Å². The highest BCUT2D eigenvalue weighted by atomic mass is 15.3. The van der Waals surface area contributed by atoms with Crippen molar-refractivity contribution in [2.24, 2.45) is 13.0 Å². The molecule has 1 aromatic heterocycles. The molecular weight excluding hydrogens is 222 g/mol. The summed E-state index contributed by atoms with van der Waals surface area (Å²) in [6, 6.07) is 8.82. The lowest BCUT2D eigenvalue weighted by molar-refractivity contribution is 0.185. The predicted octanol–water partition coefficient (Wildman–Crippen LogP) is 2.84. The van der Waals surface area contributed by atoms with Crippen LogP contribution in [0, 0.1) is 12.8 Å². The molecule has 1 aliphatic rings. The van der Waals surface area contributed by atoms with Gasteiger partial charge in [-0.05, 0) is 31.2 Å². The van der Waals surface area contributed by atoms with Gasteiger partial charge in [0.1, 0.15) is 12.2 Å². The Bertz CT molecular complexity index is 565. The van der Waals surface area contributed by atoms with E-state index in [-0.39, 0.29) is 5.41 Å². The van der Waals surface area contributed by atoms with Crippen LogP contribution in [0.4, 0.5) is 0 Å². The Morgan fingerprint density at radius 2 is 2.11 bits per heavy atom. The van der Waals surface area contributed by atoms with E-state index in [4.69, 9.17) is 0 Å².